The second-order valence-electron chi connectivity index (χ2n) is 4.44. The Morgan fingerprint density at radius 1 is 1.29 bits per heavy atom. The van der Waals surface area contributed by atoms with Crippen LogP contribution < -0.4 is 10.1 Å². The lowest BCUT2D eigenvalue weighted by Crippen LogP contribution is -2.14. The van der Waals surface area contributed by atoms with Gasteiger partial charge in [0.1, 0.15) is 0 Å². The molecule has 0 radical (unpaired) electrons. The molecule has 0 amide bonds. The van der Waals surface area contributed by atoms with E-state index in [-0.39, 0.29) is 16.7 Å². The van der Waals surface area contributed by atoms with Gasteiger partial charge in [-0.25, -0.2) is 9.37 Å². The van der Waals surface area contributed by atoms with Crippen molar-refractivity contribution >= 4 is 23.2 Å². The lowest BCUT2D eigenvalue weighted by atomic mass is 10.2. The molecule has 112 valence electrons. The highest BCUT2D eigenvalue weighted by atomic mass is 35.5. The number of hydrogen-bond donors (Lipinski definition) is 1. The molecule has 0 saturated heterocycles. The van der Waals surface area contributed by atoms with Crippen molar-refractivity contribution in [2.45, 2.75) is 19.9 Å². The van der Waals surface area contributed by atoms with Gasteiger partial charge in [-0.1, -0.05) is 36.2 Å². The summed E-state index contributed by atoms with van der Waals surface area (Å²) in [5, 5.41) is 3.79. The average Bonchev–Trinajstić information content (AvgIpc) is 2.47. The van der Waals surface area contributed by atoms with Crippen molar-refractivity contribution in [2.24, 2.45) is 0 Å². The van der Waals surface area contributed by atoms with Crippen molar-refractivity contribution in [3.63, 3.8) is 0 Å². The standard InChI is InChI=1S/C15H15Cl2FN2O/c1-2-6-19-8-10-7-14(20-9-12(10)17)21-13-5-3-4-11(16)15(13)18/h3-5,7,9,19H,2,6,8H2,1H3. The van der Waals surface area contributed by atoms with Crippen LogP contribution >= 0.6 is 23.2 Å². The molecule has 6 heteroatoms. The minimum atomic E-state index is -0.610. The first-order valence-electron chi connectivity index (χ1n) is 6.58. The van der Waals surface area contributed by atoms with Gasteiger partial charge < -0.3 is 10.1 Å². The Bertz CT molecular complexity index is 623. The van der Waals surface area contributed by atoms with Crippen LogP contribution in [-0.2, 0) is 6.54 Å². The fourth-order valence-electron chi connectivity index (χ4n) is 1.73. The lowest BCUT2D eigenvalue weighted by Gasteiger charge is -2.10. The minimum Gasteiger partial charge on any atom is -0.436 e. The summed E-state index contributed by atoms with van der Waals surface area (Å²) in [6.45, 7) is 3.57. The zero-order chi connectivity index (χ0) is 15.2. The van der Waals surface area contributed by atoms with Gasteiger partial charge in [0, 0.05) is 18.8 Å². The number of nitrogens with zero attached hydrogens (tertiary/aromatic N) is 1. The molecule has 0 fully saturated rings. The second-order valence-corrected chi connectivity index (χ2v) is 5.26. The van der Waals surface area contributed by atoms with Crippen molar-refractivity contribution in [1.82, 2.24) is 10.3 Å². The van der Waals surface area contributed by atoms with Crippen molar-refractivity contribution in [3.8, 4) is 11.6 Å². The normalized spacial score (nSPS) is 10.7. The van der Waals surface area contributed by atoms with Gasteiger partial charge in [-0.15, -0.1) is 0 Å². The zero-order valence-corrected chi connectivity index (χ0v) is 13.0. The van der Waals surface area contributed by atoms with E-state index in [4.69, 9.17) is 27.9 Å². The van der Waals surface area contributed by atoms with Crippen LogP contribution in [0.5, 0.6) is 11.6 Å². The molecule has 0 atom stereocenters. The van der Waals surface area contributed by atoms with Gasteiger partial charge in [-0.3, -0.25) is 0 Å². The van der Waals surface area contributed by atoms with E-state index >= 15 is 0 Å². The van der Waals surface area contributed by atoms with Gasteiger partial charge in [0.15, 0.2) is 11.6 Å². The number of rotatable bonds is 6. The first-order chi connectivity index (χ1) is 10.1. The number of ether oxygens (including phenoxy) is 1. The van der Waals surface area contributed by atoms with Gasteiger partial charge in [0.2, 0.25) is 5.88 Å². The molecule has 1 N–H and O–H groups in total. The molecule has 1 heterocycles. The predicted molar refractivity (Wildman–Crippen MR) is 82.7 cm³/mol. The molecule has 0 aliphatic heterocycles. The van der Waals surface area contributed by atoms with Crippen LogP contribution in [0.25, 0.3) is 0 Å². The quantitative estimate of drug-likeness (QED) is 0.772. The van der Waals surface area contributed by atoms with Gasteiger partial charge in [-0.2, -0.15) is 0 Å². The van der Waals surface area contributed by atoms with Gasteiger partial charge in [0.05, 0.1) is 10.0 Å². The number of hydrogen-bond acceptors (Lipinski definition) is 3. The Morgan fingerprint density at radius 3 is 2.86 bits per heavy atom. The molecule has 0 unspecified atom stereocenters. The first kappa shape index (κ1) is 16.0. The smallest absolute Gasteiger partial charge is 0.219 e. The molecule has 1 aromatic carbocycles. The van der Waals surface area contributed by atoms with E-state index < -0.39 is 5.82 Å². The number of pyridine rings is 1. The van der Waals surface area contributed by atoms with Crippen molar-refractivity contribution in [3.05, 3.63) is 51.9 Å². The molecule has 21 heavy (non-hydrogen) atoms. The molecule has 0 aliphatic carbocycles. The summed E-state index contributed by atoms with van der Waals surface area (Å²) in [7, 11) is 0. The lowest BCUT2D eigenvalue weighted by molar-refractivity contribution is 0.427. The number of aromatic nitrogens is 1. The van der Waals surface area contributed by atoms with Crippen molar-refractivity contribution in [2.75, 3.05) is 6.54 Å². The van der Waals surface area contributed by atoms with Crippen molar-refractivity contribution in [1.29, 1.82) is 0 Å². The maximum atomic E-state index is 13.8. The molecular formula is C15H15Cl2FN2O. The fraction of sp³-hybridized carbons (Fsp3) is 0.267. The van der Waals surface area contributed by atoms with Gasteiger partial charge in [-0.05, 0) is 30.7 Å². The van der Waals surface area contributed by atoms with E-state index in [1.165, 1.54) is 18.3 Å². The Kier molecular flexibility index (Phi) is 5.79. The SMILES string of the molecule is CCCNCc1cc(Oc2cccc(Cl)c2F)ncc1Cl. The highest BCUT2D eigenvalue weighted by Crippen LogP contribution is 2.29. The summed E-state index contributed by atoms with van der Waals surface area (Å²) in [5.74, 6) is -0.305. The summed E-state index contributed by atoms with van der Waals surface area (Å²) in [6, 6.07) is 6.25. The highest BCUT2D eigenvalue weighted by molar-refractivity contribution is 6.31. The molecule has 0 saturated carbocycles. The molecule has 0 bridgehead atoms. The largest absolute Gasteiger partial charge is 0.436 e. The molecule has 1 aromatic heterocycles. The molecule has 0 spiro atoms. The Hall–Kier alpha value is -1.36. The van der Waals surface area contributed by atoms with Crippen molar-refractivity contribution < 1.29 is 9.13 Å². The molecular weight excluding hydrogens is 314 g/mol. The maximum Gasteiger partial charge on any atom is 0.219 e. The molecule has 0 aliphatic rings. The van der Waals surface area contributed by atoms with Crippen LogP contribution in [0.4, 0.5) is 4.39 Å². The van der Waals surface area contributed by atoms with Gasteiger partial charge >= 0.3 is 0 Å². The Labute approximate surface area is 133 Å². The van der Waals surface area contributed by atoms with E-state index in [0.717, 1.165) is 18.5 Å². The fourth-order valence-corrected chi connectivity index (χ4v) is 2.06. The Balaban J connectivity index is 2.17. The van der Waals surface area contributed by atoms with Crippen LogP contribution in [0.1, 0.15) is 18.9 Å². The van der Waals surface area contributed by atoms with E-state index in [2.05, 4.69) is 17.2 Å². The highest BCUT2D eigenvalue weighted by Gasteiger charge is 2.10. The predicted octanol–water partition coefficient (Wildman–Crippen LogP) is 4.82. The number of nitrogens with one attached hydrogen (secondary N) is 1. The molecule has 3 nitrogen and oxygen atoms in total. The third-order valence-electron chi connectivity index (χ3n) is 2.78. The average molecular weight is 329 g/mol. The monoisotopic (exact) mass is 328 g/mol. The maximum absolute atomic E-state index is 13.8. The van der Waals surface area contributed by atoms with Crippen LogP contribution in [0.15, 0.2) is 30.5 Å². The molecule has 2 rings (SSSR count). The third kappa shape index (κ3) is 4.30. The summed E-state index contributed by atoms with van der Waals surface area (Å²) in [6.07, 6.45) is 2.52. The minimum absolute atomic E-state index is 0.00583. The first-order valence-corrected chi connectivity index (χ1v) is 7.34. The van der Waals surface area contributed by atoms with Crippen LogP contribution in [0.2, 0.25) is 10.0 Å². The third-order valence-corrected chi connectivity index (χ3v) is 3.41. The van der Waals surface area contributed by atoms with Gasteiger partial charge in [0.25, 0.3) is 0 Å². The topological polar surface area (TPSA) is 34.1 Å². The summed E-state index contributed by atoms with van der Waals surface area (Å²) in [5.41, 5.74) is 0.845. The summed E-state index contributed by atoms with van der Waals surface area (Å²) in [4.78, 5) is 4.04. The second kappa shape index (κ2) is 7.59. The Morgan fingerprint density at radius 2 is 2.10 bits per heavy atom. The van der Waals surface area contributed by atoms with Crippen LogP contribution in [-0.4, -0.2) is 11.5 Å². The zero-order valence-electron chi connectivity index (χ0n) is 11.5. The van der Waals surface area contributed by atoms with Crippen LogP contribution in [0.3, 0.4) is 0 Å². The van der Waals surface area contributed by atoms with E-state index in [9.17, 15) is 4.39 Å². The number of halogens is 3. The summed E-state index contributed by atoms with van der Waals surface area (Å²) >= 11 is 11.8. The number of benzene rings is 1. The van der Waals surface area contributed by atoms with E-state index in [0.29, 0.717) is 11.6 Å². The van der Waals surface area contributed by atoms with Crippen LogP contribution in [0, 0.1) is 5.82 Å². The summed E-state index contributed by atoms with van der Waals surface area (Å²) < 4.78 is 19.2. The van der Waals surface area contributed by atoms with E-state index in [1.54, 1.807) is 12.1 Å². The molecule has 2 aromatic rings. The van der Waals surface area contributed by atoms with E-state index in [1.807, 2.05) is 0 Å².